The third kappa shape index (κ3) is 3.49. The van der Waals surface area contributed by atoms with E-state index in [-0.39, 0.29) is 0 Å². The molecule has 0 fully saturated rings. The van der Waals surface area contributed by atoms with Crippen LogP contribution in [0.15, 0.2) is 36.7 Å². The number of aromatic nitrogens is 2. The highest BCUT2D eigenvalue weighted by atomic mass is 16.5. The van der Waals surface area contributed by atoms with Crippen molar-refractivity contribution >= 4 is 5.69 Å². The molecular weight excluding hydrogens is 240 g/mol. The Labute approximate surface area is 112 Å². The van der Waals surface area contributed by atoms with Crippen LogP contribution in [0.2, 0.25) is 0 Å². The van der Waals surface area contributed by atoms with E-state index in [9.17, 15) is 0 Å². The smallest absolute Gasteiger partial charge is 0.121 e. The molecule has 0 spiro atoms. The number of nitriles is 1. The maximum Gasteiger partial charge on any atom is 0.121 e. The van der Waals surface area contributed by atoms with Crippen molar-refractivity contribution in [3.63, 3.8) is 0 Å². The number of methoxy groups -OCH3 is 1. The first-order valence-electron chi connectivity index (χ1n) is 6.13. The second-order valence-corrected chi connectivity index (χ2v) is 4.07. The van der Waals surface area contributed by atoms with Crippen molar-refractivity contribution in [3.8, 4) is 11.8 Å². The zero-order valence-electron chi connectivity index (χ0n) is 10.8. The Morgan fingerprint density at radius 2 is 2.37 bits per heavy atom. The van der Waals surface area contributed by atoms with Crippen LogP contribution in [0.25, 0.3) is 0 Å². The zero-order chi connectivity index (χ0) is 13.5. The van der Waals surface area contributed by atoms with Crippen LogP contribution in [0.3, 0.4) is 0 Å². The summed E-state index contributed by atoms with van der Waals surface area (Å²) in [6.45, 7) is 1.63. The number of rotatable bonds is 6. The fourth-order valence-electron chi connectivity index (χ4n) is 1.79. The molecule has 0 aliphatic heterocycles. The van der Waals surface area contributed by atoms with Gasteiger partial charge in [-0.05, 0) is 24.6 Å². The van der Waals surface area contributed by atoms with Crippen LogP contribution in [0.1, 0.15) is 12.0 Å². The average Bonchev–Trinajstić information content (AvgIpc) is 2.96. The summed E-state index contributed by atoms with van der Waals surface area (Å²) in [6.07, 6.45) is 4.64. The number of anilines is 1. The van der Waals surface area contributed by atoms with Crippen molar-refractivity contribution in [2.24, 2.45) is 0 Å². The van der Waals surface area contributed by atoms with E-state index < -0.39 is 0 Å². The fraction of sp³-hybridized carbons (Fsp3) is 0.286. The maximum atomic E-state index is 9.04. The molecule has 98 valence electrons. The van der Waals surface area contributed by atoms with Gasteiger partial charge in [0, 0.05) is 31.5 Å². The molecule has 0 aliphatic carbocycles. The minimum absolute atomic E-state index is 0.625. The monoisotopic (exact) mass is 256 g/mol. The number of nitrogens with one attached hydrogen (secondary N) is 1. The highest BCUT2D eigenvalue weighted by Crippen LogP contribution is 2.21. The molecule has 1 aromatic heterocycles. The van der Waals surface area contributed by atoms with Crippen LogP contribution in [0, 0.1) is 11.3 Å². The lowest BCUT2D eigenvalue weighted by Crippen LogP contribution is -2.08. The van der Waals surface area contributed by atoms with Gasteiger partial charge in [-0.3, -0.25) is 4.68 Å². The van der Waals surface area contributed by atoms with Gasteiger partial charge in [-0.2, -0.15) is 10.4 Å². The molecule has 1 heterocycles. The van der Waals surface area contributed by atoms with Crippen molar-refractivity contribution in [1.29, 1.82) is 5.26 Å². The Morgan fingerprint density at radius 1 is 1.47 bits per heavy atom. The van der Waals surface area contributed by atoms with Crippen molar-refractivity contribution in [2.75, 3.05) is 19.0 Å². The normalized spacial score (nSPS) is 9.89. The highest BCUT2D eigenvalue weighted by Gasteiger charge is 2.03. The molecule has 0 unspecified atom stereocenters. The molecular formula is C14H16N4O. The van der Waals surface area contributed by atoms with E-state index in [4.69, 9.17) is 10.00 Å². The zero-order valence-corrected chi connectivity index (χ0v) is 10.8. The van der Waals surface area contributed by atoms with Crippen molar-refractivity contribution in [3.05, 3.63) is 42.2 Å². The topological polar surface area (TPSA) is 62.9 Å². The number of hydrogen-bond donors (Lipinski definition) is 1. The number of hydrogen-bond acceptors (Lipinski definition) is 4. The first-order chi connectivity index (χ1) is 9.33. The SMILES string of the molecule is COc1ccc(C#N)c(NCCCn2cccn2)c1. The molecule has 0 saturated carbocycles. The van der Waals surface area contributed by atoms with Crippen LogP contribution < -0.4 is 10.1 Å². The van der Waals surface area contributed by atoms with Gasteiger partial charge in [-0.15, -0.1) is 0 Å². The first-order valence-corrected chi connectivity index (χ1v) is 6.13. The standard InChI is InChI=1S/C14H16N4O/c1-19-13-5-4-12(11-15)14(10-13)16-6-2-8-18-9-3-7-17-18/h3-5,7,9-10,16H,2,6,8H2,1H3. The highest BCUT2D eigenvalue weighted by molar-refractivity contribution is 5.60. The van der Waals surface area contributed by atoms with E-state index in [0.717, 1.165) is 30.9 Å². The van der Waals surface area contributed by atoms with E-state index in [2.05, 4.69) is 16.5 Å². The summed E-state index contributed by atoms with van der Waals surface area (Å²) in [4.78, 5) is 0. The average molecular weight is 256 g/mol. The van der Waals surface area contributed by atoms with Crippen LogP contribution in [0.4, 0.5) is 5.69 Å². The van der Waals surface area contributed by atoms with Crippen molar-refractivity contribution < 1.29 is 4.74 Å². The summed E-state index contributed by atoms with van der Waals surface area (Å²) in [7, 11) is 1.61. The predicted octanol–water partition coefficient (Wildman–Crippen LogP) is 2.27. The Bertz CT molecular complexity index is 557. The molecule has 19 heavy (non-hydrogen) atoms. The lowest BCUT2D eigenvalue weighted by Gasteiger charge is -2.10. The molecule has 0 atom stereocenters. The molecule has 0 aliphatic rings. The summed E-state index contributed by atoms with van der Waals surface area (Å²) < 4.78 is 7.04. The van der Waals surface area contributed by atoms with Crippen molar-refractivity contribution in [2.45, 2.75) is 13.0 Å². The summed E-state index contributed by atoms with van der Waals surface area (Å²) in [5, 5.41) is 16.4. The number of benzene rings is 1. The first kappa shape index (κ1) is 13.0. The third-order valence-corrected chi connectivity index (χ3v) is 2.79. The Kier molecular flexibility index (Phi) is 4.40. The molecule has 0 saturated heterocycles. The molecule has 2 rings (SSSR count). The second kappa shape index (κ2) is 6.45. The second-order valence-electron chi connectivity index (χ2n) is 4.07. The molecule has 5 heteroatoms. The molecule has 1 aromatic carbocycles. The lowest BCUT2D eigenvalue weighted by atomic mass is 10.2. The molecule has 1 N–H and O–H groups in total. The number of aryl methyl sites for hydroxylation is 1. The van der Waals surface area contributed by atoms with Gasteiger partial charge in [0.2, 0.25) is 0 Å². The van der Waals surface area contributed by atoms with Crippen molar-refractivity contribution in [1.82, 2.24) is 9.78 Å². The van der Waals surface area contributed by atoms with Crippen LogP contribution >= 0.6 is 0 Å². The quantitative estimate of drug-likeness (QED) is 0.805. The van der Waals surface area contributed by atoms with Gasteiger partial charge in [-0.1, -0.05) is 0 Å². The maximum absolute atomic E-state index is 9.04. The number of nitrogens with zero attached hydrogens (tertiary/aromatic N) is 3. The lowest BCUT2D eigenvalue weighted by molar-refractivity contribution is 0.415. The largest absolute Gasteiger partial charge is 0.497 e. The van der Waals surface area contributed by atoms with Gasteiger partial charge in [0.25, 0.3) is 0 Å². The van der Waals surface area contributed by atoms with Gasteiger partial charge >= 0.3 is 0 Å². The van der Waals surface area contributed by atoms with Gasteiger partial charge in [0.15, 0.2) is 0 Å². The van der Waals surface area contributed by atoms with E-state index >= 15 is 0 Å². The molecule has 0 radical (unpaired) electrons. The van der Waals surface area contributed by atoms with E-state index in [1.54, 1.807) is 25.4 Å². The van der Waals surface area contributed by atoms with Gasteiger partial charge in [-0.25, -0.2) is 0 Å². The molecule has 0 bridgehead atoms. The molecule has 5 nitrogen and oxygen atoms in total. The Balaban J connectivity index is 1.89. The van der Waals surface area contributed by atoms with Crippen LogP contribution in [0.5, 0.6) is 5.75 Å². The summed E-state index contributed by atoms with van der Waals surface area (Å²) in [5.74, 6) is 0.744. The van der Waals surface area contributed by atoms with Gasteiger partial charge < -0.3 is 10.1 Å². The minimum atomic E-state index is 0.625. The van der Waals surface area contributed by atoms with Crippen LogP contribution in [-0.2, 0) is 6.54 Å². The predicted molar refractivity (Wildman–Crippen MR) is 73.0 cm³/mol. The number of ether oxygens (including phenoxy) is 1. The van der Waals surface area contributed by atoms with E-state index in [1.807, 2.05) is 23.0 Å². The summed E-state index contributed by atoms with van der Waals surface area (Å²) >= 11 is 0. The van der Waals surface area contributed by atoms with Crippen LogP contribution in [-0.4, -0.2) is 23.4 Å². The summed E-state index contributed by atoms with van der Waals surface area (Å²) in [6, 6.07) is 9.46. The van der Waals surface area contributed by atoms with Gasteiger partial charge in [0.1, 0.15) is 11.8 Å². The summed E-state index contributed by atoms with van der Waals surface area (Å²) in [5.41, 5.74) is 1.43. The molecule has 2 aromatic rings. The fourth-order valence-corrected chi connectivity index (χ4v) is 1.79. The van der Waals surface area contributed by atoms with E-state index in [0.29, 0.717) is 5.56 Å². The Hall–Kier alpha value is -2.48. The third-order valence-electron chi connectivity index (χ3n) is 2.79. The van der Waals surface area contributed by atoms with Gasteiger partial charge in [0.05, 0.1) is 18.4 Å². The molecule has 0 amide bonds. The Morgan fingerprint density at radius 3 is 3.05 bits per heavy atom. The van der Waals surface area contributed by atoms with E-state index in [1.165, 1.54) is 0 Å². The minimum Gasteiger partial charge on any atom is -0.497 e.